The minimum absolute atomic E-state index is 0.145. The number of esters is 2. The summed E-state index contributed by atoms with van der Waals surface area (Å²) in [5.74, 6) is -0.864. The van der Waals surface area contributed by atoms with Gasteiger partial charge in [0, 0.05) is 20.3 Å². The maximum absolute atomic E-state index is 10.8. The van der Waals surface area contributed by atoms with Crippen LogP contribution in [0.5, 0.6) is 0 Å². The van der Waals surface area contributed by atoms with Gasteiger partial charge < -0.3 is 14.2 Å². The van der Waals surface area contributed by atoms with E-state index in [1.165, 1.54) is 13.8 Å². The number of carbonyl (C=O) groups is 2. The van der Waals surface area contributed by atoms with E-state index in [0.717, 1.165) is 0 Å². The average molecular weight is 237 g/mol. The highest BCUT2D eigenvalue weighted by Gasteiger charge is 2.34. The van der Waals surface area contributed by atoms with Crippen LogP contribution in [-0.2, 0) is 23.8 Å². The molecule has 6 heteroatoms. The molecule has 0 amide bonds. The normalized spacial score (nSPS) is 30.7. The summed E-state index contributed by atoms with van der Waals surface area (Å²) in [5, 5.41) is 0. The van der Waals surface area contributed by atoms with Crippen LogP contribution in [0.4, 0.5) is 0 Å². The average Bonchev–Trinajstić information content (AvgIpc) is 2.08. The van der Waals surface area contributed by atoms with Gasteiger partial charge >= 0.3 is 11.9 Å². The minimum Gasteiger partial charge on any atom is -0.458 e. The quantitative estimate of drug-likeness (QED) is 0.525. The van der Waals surface area contributed by atoms with Gasteiger partial charge in [0.15, 0.2) is 6.10 Å². The van der Waals surface area contributed by atoms with Crippen LogP contribution in [-0.4, -0.2) is 36.3 Å². The highest BCUT2D eigenvalue weighted by Crippen LogP contribution is 2.22. The lowest BCUT2D eigenvalue weighted by molar-refractivity contribution is -0.181. The van der Waals surface area contributed by atoms with Crippen LogP contribution in [0, 0.1) is 0 Å². The van der Waals surface area contributed by atoms with E-state index >= 15 is 0 Å². The molecule has 0 radical (unpaired) electrons. The lowest BCUT2D eigenvalue weighted by Gasteiger charge is -2.32. The molecule has 0 aromatic carbocycles. The van der Waals surface area contributed by atoms with Crippen LogP contribution in [0.1, 0.15) is 20.3 Å². The first kappa shape index (κ1) is 12.3. The molecule has 1 aliphatic rings. The lowest BCUT2D eigenvalue weighted by Crippen LogP contribution is -2.44. The highest BCUT2D eigenvalue weighted by atomic mass is 35.5. The molecule has 1 unspecified atom stereocenters. The Kier molecular flexibility index (Phi) is 4.35. The zero-order valence-corrected chi connectivity index (χ0v) is 9.32. The molecular weight excluding hydrogens is 224 g/mol. The zero-order chi connectivity index (χ0) is 11.4. The monoisotopic (exact) mass is 236 g/mol. The number of halogens is 1. The molecule has 1 fully saturated rings. The Morgan fingerprint density at radius 2 is 1.73 bits per heavy atom. The van der Waals surface area contributed by atoms with Crippen molar-refractivity contribution < 1.29 is 23.8 Å². The van der Waals surface area contributed by atoms with E-state index in [0.29, 0.717) is 6.42 Å². The number of hydrogen-bond donors (Lipinski definition) is 0. The molecule has 0 bridgehead atoms. The summed E-state index contributed by atoms with van der Waals surface area (Å²) in [5.41, 5.74) is -0.513. The first-order chi connectivity index (χ1) is 6.99. The minimum atomic E-state index is -0.568. The first-order valence-corrected chi connectivity index (χ1v) is 5.03. The Bertz CT molecular complexity index is 255. The van der Waals surface area contributed by atoms with Crippen LogP contribution in [0.3, 0.4) is 0 Å². The molecule has 0 aliphatic carbocycles. The summed E-state index contributed by atoms with van der Waals surface area (Å²) in [4.78, 5) is 21.6. The summed E-state index contributed by atoms with van der Waals surface area (Å²) in [6.45, 7) is 2.73. The van der Waals surface area contributed by atoms with Crippen molar-refractivity contribution in [3.05, 3.63) is 0 Å². The number of ether oxygens (including phenoxy) is 3. The second-order valence-electron chi connectivity index (χ2n) is 3.27. The maximum atomic E-state index is 10.8. The SMILES string of the molecule is CC(=O)O[C@H]1COC(Cl)C[C@H]1OC(C)=O. The molecule has 0 aromatic rings. The lowest BCUT2D eigenvalue weighted by atomic mass is 10.1. The van der Waals surface area contributed by atoms with Gasteiger partial charge in [0.05, 0.1) is 6.61 Å². The van der Waals surface area contributed by atoms with E-state index in [2.05, 4.69) is 0 Å². The predicted octanol–water partition coefficient (Wildman–Crippen LogP) is 0.835. The number of carbonyl (C=O) groups excluding carboxylic acids is 2. The number of hydrogen-bond acceptors (Lipinski definition) is 5. The van der Waals surface area contributed by atoms with Crippen molar-refractivity contribution in [2.75, 3.05) is 6.61 Å². The molecule has 1 heterocycles. The summed E-state index contributed by atoms with van der Waals surface area (Å²) in [7, 11) is 0. The highest BCUT2D eigenvalue weighted by molar-refractivity contribution is 6.19. The second-order valence-corrected chi connectivity index (χ2v) is 3.76. The third-order valence-corrected chi connectivity index (χ3v) is 2.21. The van der Waals surface area contributed by atoms with E-state index in [9.17, 15) is 9.59 Å². The fraction of sp³-hybridized carbons (Fsp3) is 0.778. The molecule has 0 spiro atoms. The maximum Gasteiger partial charge on any atom is 0.303 e. The van der Waals surface area contributed by atoms with Crippen molar-refractivity contribution >= 4 is 23.5 Å². The number of rotatable bonds is 2. The Morgan fingerprint density at radius 1 is 1.20 bits per heavy atom. The van der Waals surface area contributed by atoms with Gasteiger partial charge in [0.1, 0.15) is 11.7 Å². The fourth-order valence-electron chi connectivity index (χ4n) is 1.37. The van der Waals surface area contributed by atoms with E-state index in [4.69, 9.17) is 25.8 Å². The molecule has 0 saturated carbocycles. The molecule has 0 N–H and O–H groups in total. The van der Waals surface area contributed by atoms with Gasteiger partial charge in [-0.05, 0) is 0 Å². The Hall–Kier alpha value is -0.810. The molecule has 1 rings (SSSR count). The van der Waals surface area contributed by atoms with Crippen molar-refractivity contribution in [1.82, 2.24) is 0 Å². The Labute approximate surface area is 92.6 Å². The van der Waals surface area contributed by atoms with Gasteiger partial charge in [0.2, 0.25) is 0 Å². The van der Waals surface area contributed by atoms with Crippen LogP contribution in [0.2, 0.25) is 0 Å². The third-order valence-electron chi connectivity index (χ3n) is 1.91. The topological polar surface area (TPSA) is 61.8 Å². The summed E-state index contributed by atoms with van der Waals surface area (Å²) in [6.07, 6.45) is -0.775. The van der Waals surface area contributed by atoms with Crippen LogP contribution >= 0.6 is 11.6 Å². The smallest absolute Gasteiger partial charge is 0.303 e. The summed E-state index contributed by atoms with van der Waals surface area (Å²) in [6, 6.07) is 0. The Morgan fingerprint density at radius 3 is 2.27 bits per heavy atom. The van der Waals surface area contributed by atoms with Crippen molar-refractivity contribution in [2.45, 2.75) is 38.0 Å². The van der Waals surface area contributed by atoms with Crippen molar-refractivity contribution in [3.8, 4) is 0 Å². The van der Waals surface area contributed by atoms with Gasteiger partial charge in [-0.1, -0.05) is 11.6 Å². The van der Waals surface area contributed by atoms with Gasteiger partial charge in [-0.25, -0.2) is 0 Å². The van der Waals surface area contributed by atoms with Crippen molar-refractivity contribution in [3.63, 3.8) is 0 Å². The number of alkyl halides is 1. The molecule has 15 heavy (non-hydrogen) atoms. The van der Waals surface area contributed by atoms with E-state index in [-0.39, 0.29) is 6.61 Å². The van der Waals surface area contributed by atoms with Crippen LogP contribution < -0.4 is 0 Å². The molecule has 1 aliphatic heterocycles. The van der Waals surface area contributed by atoms with E-state index < -0.39 is 29.7 Å². The largest absolute Gasteiger partial charge is 0.458 e. The van der Waals surface area contributed by atoms with Crippen LogP contribution in [0.15, 0.2) is 0 Å². The molecule has 3 atom stereocenters. The van der Waals surface area contributed by atoms with Gasteiger partial charge in [-0.15, -0.1) is 0 Å². The van der Waals surface area contributed by atoms with Gasteiger partial charge in [-0.2, -0.15) is 0 Å². The van der Waals surface area contributed by atoms with Gasteiger partial charge in [-0.3, -0.25) is 9.59 Å². The molecule has 1 saturated heterocycles. The standard InChI is InChI=1S/C9H13ClO5/c1-5(11)14-7-3-9(10)13-4-8(7)15-6(2)12/h7-9H,3-4H2,1-2H3/t7-,8+,9?/m1/s1. The molecule has 0 aromatic heterocycles. The third kappa shape index (κ3) is 4.05. The van der Waals surface area contributed by atoms with E-state index in [1.54, 1.807) is 0 Å². The summed E-state index contributed by atoms with van der Waals surface area (Å²) < 4.78 is 15.0. The Balaban J connectivity index is 2.57. The molecule has 86 valence electrons. The van der Waals surface area contributed by atoms with E-state index in [1.807, 2.05) is 0 Å². The fourth-order valence-corrected chi connectivity index (χ4v) is 1.62. The predicted molar refractivity (Wildman–Crippen MR) is 51.3 cm³/mol. The molecule has 5 nitrogen and oxygen atoms in total. The first-order valence-electron chi connectivity index (χ1n) is 4.59. The van der Waals surface area contributed by atoms with Crippen molar-refractivity contribution in [2.24, 2.45) is 0 Å². The zero-order valence-electron chi connectivity index (χ0n) is 8.57. The van der Waals surface area contributed by atoms with Crippen LogP contribution in [0.25, 0.3) is 0 Å². The second kappa shape index (κ2) is 5.32. The molecular formula is C9H13ClO5. The van der Waals surface area contributed by atoms with Gasteiger partial charge in [0.25, 0.3) is 0 Å². The van der Waals surface area contributed by atoms with Crippen molar-refractivity contribution in [1.29, 1.82) is 0 Å². The summed E-state index contributed by atoms with van der Waals surface area (Å²) >= 11 is 5.74.